The van der Waals surface area contributed by atoms with Crippen molar-refractivity contribution in [1.82, 2.24) is 15.2 Å². The molecule has 2 aliphatic carbocycles. The zero-order chi connectivity index (χ0) is 18.6. The van der Waals surface area contributed by atoms with Gasteiger partial charge in [-0.25, -0.2) is 4.98 Å². The molecular weight excluding hydrogens is 342 g/mol. The first-order valence-electron chi connectivity index (χ1n) is 10.3. The molecule has 2 amide bonds. The summed E-state index contributed by atoms with van der Waals surface area (Å²) in [5, 5.41) is 2.98. The number of carbonyl (C=O) groups excluding carboxylic acids is 2. The summed E-state index contributed by atoms with van der Waals surface area (Å²) in [6.07, 6.45) is 10.7. The normalized spacial score (nSPS) is 23.5. The second-order valence-electron chi connectivity index (χ2n) is 8.24. The Hall–Kier alpha value is -2.11. The van der Waals surface area contributed by atoms with Gasteiger partial charge in [-0.2, -0.15) is 0 Å². The lowest BCUT2D eigenvalue weighted by molar-refractivity contribution is -0.129. The van der Waals surface area contributed by atoms with Crippen molar-refractivity contribution in [3.63, 3.8) is 0 Å². The number of aromatic nitrogens is 1. The Kier molecular flexibility index (Phi) is 5.60. The van der Waals surface area contributed by atoms with Crippen LogP contribution >= 0.6 is 0 Å². The lowest BCUT2D eigenvalue weighted by atomic mass is 9.98. The SMILES string of the molecule is O=C(NCc1ccnc(OC2CCCCC2)c1)C1CC(=O)N(CC2CC2)C1. The van der Waals surface area contributed by atoms with E-state index in [-0.39, 0.29) is 23.8 Å². The Bertz CT molecular complexity index is 683. The summed E-state index contributed by atoms with van der Waals surface area (Å²) in [5.74, 6) is 1.16. The quantitative estimate of drug-likeness (QED) is 0.800. The molecule has 0 radical (unpaired) electrons. The minimum Gasteiger partial charge on any atom is -0.474 e. The molecule has 4 rings (SSSR count). The van der Waals surface area contributed by atoms with E-state index < -0.39 is 0 Å². The first kappa shape index (κ1) is 18.3. The number of amides is 2. The largest absolute Gasteiger partial charge is 0.474 e. The van der Waals surface area contributed by atoms with E-state index in [1.165, 1.54) is 32.1 Å². The van der Waals surface area contributed by atoms with Crippen molar-refractivity contribution < 1.29 is 14.3 Å². The predicted octanol–water partition coefficient (Wildman–Crippen LogP) is 2.67. The van der Waals surface area contributed by atoms with Crippen LogP contribution in [0.3, 0.4) is 0 Å². The molecular formula is C21H29N3O3. The molecule has 27 heavy (non-hydrogen) atoms. The van der Waals surface area contributed by atoms with Crippen LogP contribution < -0.4 is 10.1 Å². The minimum absolute atomic E-state index is 0.0341. The Morgan fingerprint density at radius 1 is 1.22 bits per heavy atom. The highest BCUT2D eigenvalue weighted by Crippen LogP contribution is 2.32. The molecule has 3 fully saturated rings. The number of hydrogen-bond donors (Lipinski definition) is 1. The molecule has 1 aromatic rings. The Morgan fingerprint density at radius 2 is 2.04 bits per heavy atom. The van der Waals surface area contributed by atoms with E-state index in [9.17, 15) is 9.59 Å². The monoisotopic (exact) mass is 371 g/mol. The topological polar surface area (TPSA) is 71.5 Å². The third-order valence-corrected chi connectivity index (χ3v) is 5.87. The van der Waals surface area contributed by atoms with Gasteiger partial charge in [0, 0.05) is 38.3 Å². The summed E-state index contributed by atoms with van der Waals surface area (Å²) in [6, 6.07) is 3.81. The number of hydrogen-bond acceptors (Lipinski definition) is 4. The summed E-state index contributed by atoms with van der Waals surface area (Å²) in [4.78, 5) is 30.7. The zero-order valence-electron chi connectivity index (χ0n) is 15.9. The van der Waals surface area contributed by atoms with Gasteiger partial charge in [-0.15, -0.1) is 0 Å². The van der Waals surface area contributed by atoms with Gasteiger partial charge >= 0.3 is 0 Å². The molecule has 1 atom stereocenters. The molecule has 146 valence electrons. The van der Waals surface area contributed by atoms with Crippen molar-refractivity contribution in [2.45, 2.75) is 64.0 Å². The second-order valence-corrected chi connectivity index (χ2v) is 8.24. The summed E-state index contributed by atoms with van der Waals surface area (Å²) in [6.45, 7) is 1.83. The summed E-state index contributed by atoms with van der Waals surface area (Å²) in [5.41, 5.74) is 0.975. The van der Waals surface area contributed by atoms with Gasteiger partial charge in [0.25, 0.3) is 0 Å². The molecule has 0 bridgehead atoms. The number of rotatable bonds is 7. The lowest BCUT2D eigenvalue weighted by Crippen LogP contribution is -2.33. The number of ether oxygens (including phenoxy) is 1. The van der Waals surface area contributed by atoms with E-state index >= 15 is 0 Å². The van der Waals surface area contributed by atoms with Crippen molar-refractivity contribution in [3.8, 4) is 5.88 Å². The van der Waals surface area contributed by atoms with E-state index in [1.54, 1.807) is 6.20 Å². The molecule has 2 saturated carbocycles. The van der Waals surface area contributed by atoms with Crippen LogP contribution in [0, 0.1) is 11.8 Å². The van der Waals surface area contributed by atoms with Crippen molar-refractivity contribution in [2.24, 2.45) is 11.8 Å². The number of likely N-dealkylation sites (tertiary alicyclic amines) is 1. The van der Waals surface area contributed by atoms with Crippen molar-refractivity contribution >= 4 is 11.8 Å². The molecule has 1 saturated heterocycles. The van der Waals surface area contributed by atoms with Gasteiger partial charge in [-0.1, -0.05) is 6.42 Å². The maximum atomic E-state index is 12.5. The first-order chi connectivity index (χ1) is 13.2. The third-order valence-electron chi connectivity index (χ3n) is 5.87. The maximum absolute atomic E-state index is 12.5. The van der Waals surface area contributed by atoms with E-state index in [4.69, 9.17) is 4.74 Å². The summed E-state index contributed by atoms with van der Waals surface area (Å²) in [7, 11) is 0. The Labute approximate surface area is 160 Å². The lowest BCUT2D eigenvalue weighted by Gasteiger charge is -2.22. The van der Waals surface area contributed by atoms with E-state index in [2.05, 4.69) is 10.3 Å². The minimum atomic E-state index is -0.226. The van der Waals surface area contributed by atoms with Crippen molar-refractivity contribution in [3.05, 3.63) is 23.9 Å². The van der Waals surface area contributed by atoms with E-state index in [0.29, 0.717) is 31.3 Å². The van der Waals surface area contributed by atoms with Crippen molar-refractivity contribution in [1.29, 1.82) is 0 Å². The van der Waals surface area contributed by atoms with Gasteiger partial charge in [-0.3, -0.25) is 9.59 Å². The maximum Gasteiger partial charge on any atom is 0.225 e. The van der Waals surface area contributed by atoms with Crippen LogP contribution in [0.1, 0.15) is 56.9 Å². The molecule has 1 N–H and O–H groups in total. The second kappa shape index (κ2) is 8.28. The standard InChI is InChI=1S/C21H29N3O3/c25-20-11-17(14-24(20)13-15-6-7-15)21(26)23-12-16-8-9-22-19(10-16)27-18-4-2-1-3-5-18/h8-10,15,17-18H,1-7,11-14H2,(H,23,26). The van der Waals surface area contributed by atoms with Gasteiger partial charge in [0.1, 0.15) is 6.10 Å². The average Bonchev–Trinajstić information content (AvgIpc) is 3.42. The van der Waals surface area contributed by atoms with Gasteiger partial charge in [0.2, 0.25) is 17.7 Å². The smallest absolute Gasteiger partial charge is 0.225 e. The van der Waals surface area contributed by atoms with Crippen LogP contribution in [0.4, 0.5) is 0 Å². The Morgan fingerprint density at radius 3 is 2.81 bits per heavy atom. The fraction of sp³-hybridized carbons (Fsp3) is 0.667. The summed E-state index contributed by atoms with van der Waals surface area (Å²) >= 11 is 0. The number of nitrogens with one attached hydrogen (secondary N) is 1. The molecule has 3 aliphatic rings. The average molecular weight is 371 g/mol. The highest BCUT2D eigenvalue weighted by atomic mass is 16.5. The van der Waals surface area contributed by atoms with Gasteiger partial charge in [-0.05, 0) is 56.1 Å². The third kappa shape index (κ3) is 4.99. The molecule has 6 heteroatoms. The molecule has 1 unspecified atom stereocenters. The van der Waals surface area contributed by atoms with E-state index in [0.717, 1.165) is 24.9 Å². The van der Waals surface area contributed by atoms with Crippen LogP contribution in [0.15, 0.2) is 18.3 Å². The van der Waals surface area contributed by atoms with Gasteiger partial charge < -0.3 is 15.0 Å². The molecule has 6 nitrogen and oxygen atoms in total. The molecule has 1 aromatic heterocycles. The number of pyridine rings is 1. The fourth-order valence-electron chi connectivity index (χ4n) is 4.05. The van der Waals surface area contributed by atoms with Crippen LogP contribution in [0.2, 0.25) is 0 Å². The molecule has 0 aromatic carbocycles. The summed E-state index contributed by atoms with van der Waals surface area (Å²) < 4.78 is 6.00. The van der Waals surface area contributed by atoms with Crippen LogP contribution in [-0.2, 0) is 16.1 Å². The number of carbonyl (C=O) groups is 2. The fourth-order valence-corrected chi connectivity index (χ4v) is 4.05. The van der Waals surface area contributed by atoms with Crippen LogP contribution in [0.5, 0.6) is 5.88 Å². The van der Waals surface area contributed by atoms with Crippen LogP contribution in [0.25, 0.3) is 0 Å². The van der Waals surface area contributed by atoms with Gasteiger partial charge in [0.15, 0.2) is 0 Å². The predicted molar refractivity (Wildman–Crippen MR) is 101 cm³/mol. The molecule has 0 spiro atoms. The Balaban J connectivity index is 1.26. The van der Waals surface area contributed by atoms with Gasteiger partial charge in [0.05, 0.1) is 5.92 Å². The highest BCUT2D eigenvalue weighted by molar-refractivity contribution is 5.89. The number of nitrogens with zero attached hydrogens (tertiary/aromatic N) is 2. The van der Waals surface area contributed by atoms with E-state index in [1.807, 2.05) is 17.0 Å². The van der Waals surface area contributed by atoms with Crippen LogP contribution in [-0.4, -0.2) is 40.9 Å². The highest BCUT2D eigenvalue weighted by Gasteiger charge is 2.36. The van der Waals surface area contributed by atoms with Crippen molar-refractivity contribution in [2.75, 3.05) is 13.1 Å². The first-order valence-corrected chi connectivity index (χ1v) is 10.3. The zero-order valence-corrected chi connectivity index (χ0v) is 15.9. The molecule has 1 aliphatic heterocycles. The molecule has 2 heterocycles.